The van der Waals surface area contributed by atoms with Crippen molar-refractivity contribution in [3.8, 4) is 0 Å². The SMILES string of the molecule is CCC(C)(C)NC(=O)CN1C(=O)N[C@](C)(c2ccccc2)C1=O. The molecule has 6 heteroatoms. The number of carbonyl (C=O) groups is 3. The lowest BCUT2D eigenvalue weighted by Crippen LogP contribution is -2.49. The minimum absolute atomic E-state index is 0.281. The van der Waals surface area contributed by atoms with Crippen molar-refractivity contribution in [2.24, 2.45) is 0 Å². The smallest absolute Gasteiger partial charge is 0.325 e. The van der Waals surface area contributed by atoms with Gasteiger partial charge in [-0.25, -0.2) is 4.79 Å². The Morgan fingerprint density at radius 3 is 2.43 bits per heavy atom. The summed E-state index contributed by atoms with van der Waals surface area (Å²) in [4.78, 5) is 37.9. The first kappa shape index (κ1) is 17.0. The van der Waals surface area contributed by atoms with Gasteiger partial charge in [-0.2, -0.15) is 0 Å². The van der Waals surface area contributed by atoms with Crippen molar-refractivity contribution < 1.29 is 14.4 Å². The molecule has 1 heterocycles. The fourth-order valence-electron chi connectivity index (χ4n) is 2.46. The van der Waals surface area contributed by atoms with E-state index in [9.17, 15) is 14.4 Å². The Morgan fingerprint density at radius 2 is 1.87 bits per heavy atom. The van der Waals surface area contributed by atoms with Gasteiger partial charge in [0.05, 0.1) is 0 Å². The van der Waals surface area contributed by atoms with Crippen LogP contribution in [0.5, 0.6) is 0 Å². The van der Waals surface area contributed by atoms with E-state index in [1.807, 2.05) is 26.8 Å². The fourth-order valence-corrected chi connectivity index (χ4v) is 2.46. The average molecular weight is 317 g/mol. The molecule has 1 saturated heterocycles. The lowest BCUT2D eigenvalue weighted by atomic mass is 9.92. The highest BCUT2D eigenvalue weighted by molar-refractivity contribution is 6.09. The molecular weight excluding hydrogens is 294 g/mol. The molecule has 2 rings (SSSR count). The van der Waals surface area contributed by atoms with Crippen molar-refractivity contribution in [3.63, 3.8) is 0 Å². The number of nitrogens with zero attached hydrogens (tertiary/aromatic N) is 1. The van der Waals surface area contributed by atoms with Crippen molar-refractivity contribution in [2.45, 2.75) is 45.2 Å². The number of hydrogen-bond acceptors (Lipinski definition) is 3. The Kier molecular flexibility index (Phi) is 4.45. The normalized spacial score (nSPS) is 21.3. The lowest BCUT2D eigenvalue weighted by Gasteiger charge is -2.26. The second-order valence-corrected chi connectivity index (χ2v) is 6.60. The van der Waals surface area contributed by atoms with Gasteiger partial charge in [-0.3, -0.25) is 14.5 Å². The lowest BCUT2D eigenvalue weighted by molar-refractivity contribution is -0.135. The number of rotatable bonds is 5. The third kappa shape index (κ3) is 3.36. The summed E-state index contributed by atoms with van der Waals surface area (Å²) in [6.07, 6.45) is 0.751. The molecule has 0 saturated carbocycles. The Balaban J connectivity index is 2.15. The molecule has 1 aromatic carbocycles. The average Bonchev–Trinajstić information content (AvgIpc) is 2.72. The van der Waals surface area contributed by atoms with Gasteiger partial charge >= 0.3 is 6.03 Å². The minimum atomic E-state index is -1.14. The Labute approximate surface area is 136 Å². The van der Waals surface area contributed by atoms with E-state index < -0.39 is 17.5 Å². The molecule has 1 atom stereocenters. The van der Waals surface area contributed by atoms with Gasteiger partial charge in [0.1, 0.15) is 12.1 Å². The molecule has 0 radical (unpaired) electrons. The molecule has 1 aliphatic rings. The number of carbonyl (C=O) groups excluding carboxylic acids is 3. The van der Waals surface area contributed by atoms with Crippen LogP contribution in [0.15, 0.2) is 30.3 Å². The summed E-state index contributed by atoms with van der Waals surface area (Å²) in [7, 11) is 0. The summed E-state index contributed by atoms with van der Waals surface area (Å²) in [5.41, 5.74) is -0.826. The van der Waals surface area contributed by atoms with Gasteiger partial charge in [-0.15, -0.1) is 0 Å². The maximum absolute atomic E-state index is 12.7. The van der Waals surface area contributed by atoms with E-state index in [2.05, 4.69) is 10.6 Å². The fraction of sp³-hybridized carbons (Fsp3) is 0.471. The van der Waals surface area contributed by atoms with Crippen LogP contribution >= 0.6 is 0 Å². The zero-order valence-corrected chi connectivity index (χ0v) is 14.0. The molecule has 6 nitrogen and oxygen atoms in total. The van der Waals surface area contributed by atoms with E-state index in [1.165, 1.54) is 0 Å². The third-order valence-corrected chi connectivity index (χ3v) is 4.29. The van der Waals surface area contributed by atoms with E-state index in [1.54, 1.807) is 31.2 Å². The Hall–Kier alpha value is -2.37. The first-order chi connectivity index (χ1) is 10.7. The first-order valence-electron chi connectivity index (χ1n) is 7.70. The molecule has 1 aromatic rings. The standard InChI is InChI=1S/C17H23N3O3/c1-5-16(2,3)18-13(21)11-20-14(22)17(4,19-15(20)23)12-9-7-6-8-10-12/h6-10H,5,11H2,1-4H3,(H,18,21)(H,19,23)/t17-/m1/s1. The molecule has 0 unspecified atom stereocenters. The van der Waals surface area contributed by atoms with Crippen LogP contribution in [-0.4, -0.2) is 34.8 Å². The van der Waals surface area contributed by atoms with Gasteiger partial charge in [-0.1, -0.05) is 37.3 Å². The van der Waals surface area contributed by atoms with Gasteiger partial charge in [-0.05, 0) is 32.8 Å². The summed E-state index contributed by atoms with van der Waals surface area (Å²) in [6, 6.07) is 8.46. The van der Waals surface area contributed by atoms with Crippen molar-refractivity contribution >= 4 is 17.8 Å². The number of imide groups is 1. The van der Waals surface area contributed by atoms with Gasteiger partial charge < -0.3 is 10.6 Å². The van der Waals surface area contributed by atoms with Crippen LogP contribution in [0.2, 0.25) is 0 Å². The molecule has 0 aromatic heterocycles. The molecule has 0 bridgehead atoms. The summed E-state index contributed by atoms with van der Waals surface area (Å²) in [5.74, 6) is -0.768. The second kappa shape index (κ2) is 6.02. The number of amides is 4. The molecule has 1 aliphatic heterocycles. The van der Waals surface area contributed by atoms with Crippen LogP contribution in [0, 0.1) is 0 Å². The van der Waals surface area contributed by atoms with Crippen LogP contribution in [0.25, 0.3) is 0 Å². The van der Waals surface area contributed by atoms with E-state index in [0.29, 0.717) is 5.56 Å². The second-order valence-electron chi connectivity index (χ2n) is 6.60. The maximum Gasteiger partial charge on any atom is 0.325 e. The van der Waals surface area contributed by atoms with Crippen molar-refractivity contribution in [3.05, 3.63) is 35.9 Å². The monoisotopic (exact) mass is 317 g/mol. The predicted octanol–water partition coefficient (Wildman–Crippen LogP) is 1.76. The zero-order valence-electron chi connectivity index (χ0n) is 14.0. The highest BCUT2D eigenvalue weighted by atomic mass is 16.2. The van der Waals surface area contributed by atoms with Crippen molar-refractivity contribution in [1.82, 2.24) is 15.5 Å². The first-order valence-corrected chi connectivity index (χ1v) is 7.70. The van der Waals surface area contributed by atoms with Crippen LogP contribution in [-0.2, 0) is 15.1 Å². The largest absolute Gasteiger partial charge is 0.350 e. The molecule has 0 aliphatic carbocycles. The van der Waals surface area contributed by atoms with Crippen LogP contribution in [0.3, 0.4) is 0 Å². The Morgan fingerprint density at radius 1 is 1.26 bits per heavy atom. The molecular formula is C17H23N3O3. The summed E-state index contributed by atoms with van der Waals surface area (Å²) in [5, 5.41) is 5.51. The molecule has 124 valence electrons. The van der Waals surface area contributed by atoms with E-state index in [-0.39, 0.29) is 18.0 Å². The predicted molar refractivity (Wildman–Crippen MR) is 86.6 cm³/mol. The van der Waals surface area contributed by atoms with E-state index in [4.69, 9.17) is 0 Å². The number of urea groups is 1. The number of nitrogens with one attached hydrogen (secondary N) is 2. The summed E-state index contributed by atoms with van der Waals surface area (Å²) < 4.78 is 0. The molecule has 4 amide bonds. The van der Waals surface area contributed by atoms with Crippen LogP contribution < -0.4 is 10.6 Å². The molecule has 1 fully saturated rings. The zero-order chi connectivity index (χ0) is 17.3. The highest BCUT2D eigenvalue weighted by Gasteiger charge is 2.49. The maximum atomic E-state index is 12.7. The molecule has 2 N–H and O–H groups in total. The van der Waals surface area contributed by atoms with Gasteiger partial charge in [0.25, 0.3) is 5.91 Å². The van der Waals surface area contributed by atoms with E-state index in [0.717, 1.165) is 11.3 Å². The van der Waals surface area contributed by atoms with E-state index >= 15 is 0 Å². The van der Waals surface area contributed by atoms with Crippen LogP contribution in [0.4, 0.5) is 4.79 Å². The minimum Gasteiger partial charge on any atom is -0.350 e. The van der Waals surface area contributed by atoms with Gasteiger partial charge in [0.15, 0.2) is 0 Å². The van der Waals surface area contributed by atoms with Crippen molar-refractivity contribution in [2.75, 3.05) is 6.54 Å². The van der Waals surface area contributed by atoms with Crippen LogP contribution in [0.1, 0.15) is 39.7 Å². The van der Waals surface area contributed by atoms with Gasteiger partial charge in [0.2, 0.25) is 5.91 Å². The number of benzene rings is 1. The number of hydrogen-bond donors (Lipinski definition) is 2. The van der Waals surface area contributed by atoms with Crippen molar-refractivity contribution in [1.29, 1.82) is 0 Å². The molecule has 0 spiro atoms. The topological polar surface area (TPSA) is 78.5 Å². The highest BCUT2D eigenvalue weighted by Crippen LogP contribution is 2.28. The van der Waals surface area contributed by atoms with Gasteiger partial charge in [0, 0.05) is 5.54 Å². The third-order valence-electron chi connectivity index (χ3n) is 4.29. The molecule has 23 heavy (non-hydrogen) atoms. The quantitative estimate of drug-likeness (QED) is 0.812. The Bertz CT molecular complexity index is 627. The summed E-state index contributed by atoms with van der Waals surface area (Å²) >= 11 is 0. The summed E-state index contributed by atoms with van der Waals surface area (Å²) in [6.45, 7) is 7.11.